The molecule has 1 aliphatic rings. The molecule has 0 aliphatic carbocycles. The number of rotatable bonds is 5. The van der Waals surface area contributed by atoms with Gasteiger partial charge in [-0.05, 0) is 38.1 Å². The fourth-order valence-electron chi connectivity index (χ4n) is 2.37. The van der Waals surface area contributed by atoms with E-state index in [1.54, 1.807) is 0 Å². The van der Waals surface area contributed by atoms with Crippen LogP contribution in [0.3, 0.4) is 0 Å². The van der Waals surface area contributed by atoms with E-state index in [2.05, 4.69) is 16.7 Å². The Kier molecular flexibility index (Phi) is 6.77. The molecule has 108 valence electrons. The highest BCUT2D eigenvalue weighted by atomic mass is 35.5. The van der Waals surface area contributed by atoms with Crippen molar-refractivity contribution in [2.45, 2.75) is 25.7 Å². The molecule has 0 bridgehead atoms. The number of hydrogen-bond donors (Lipinski definition) is 0. The molecule has 0 N–H and O–H groups in total. The van der Waals surface area contributed by atoms with Crippen molar-refractivity contribution >= 4 is 11.6 Å². The Labute approximate surface area is 127 Å². The largest absolute Gasteiger partial charge is 0.491 e. The average Bonchev–Trinajstić information content (AvgIpc) is 2.50. The molecular weight excluding hydrogens is 270 g/mol. The molecule has 0 unspecified atom stereocenters. The fraction of sp³-hybridized carbons (Fsp3) is 0.529. The summed E-state index contributed by atoms with van der Waals surface area (Å²) < 4.78 is 5.89. The molecule has 3 heteroatoms. The van der Waals surface area contributed by atoms with E-state index < -0.39 is 0 Å². The summed E-state index contributed by atoms with van der Waals surface area (Å²) >= 11 is 5.64. The van der Waals surface area contributed by atoms with Crippen LogP contribution in [-0.4, -0.2) is 37.0 Å². The standard InChI is InChI=1S/C17H22ClNO/c18-11-5-4-9-16-8-2-3-10-17(16)20-15-14-19-12-6-1-7-13-19/h2-3,8,10H,1,5-7,11-15H2. The first-order chi connectivity index (χ1) is 9.90. The van der Waals surface area contributed by atoms with Gasteiger partial charge in [-0.25, -0.2) is 0 Å². The van der Waals surface area contributed by atoms with Crippen molar-refractivity contribution in [2.24, 2.45) is 0 Å². The first-order valence-electron chi connectivity index (χ1n) is 7.39. The molecule has 0 spiro atoms. The first-order valence-corrected chi connectivity index (χ1v) is 7.92. The van der Waals surface area contributed by atoms with Crippen LogP contribution in [0.1, 0.15) is 31.2 Å². The van der Waals surface area contributed by atoms with Crippen LogP contribution in [0, 0.1) is 11.8 Å². The Balaban J connectivity index is 1.84. The number of ether oxygens (including phenoxy) is 1. The predicted molar refractivity (Wildman–Crippen MR) is 84.4 cm³/mol. The third-order valence-corrected chi connectivity index (χ3v) is 3.63. The second-order valence-corrected chi connectivity index (χ2v) is 5.37. The van der Waals surface area contributed by atoms with Crippen molar-refractivity contribution < 1.29 is 4.74 Å². The third kappa shape index (κ3) is 5.07. The Morgan fingerprint density at radius 1 is 1.15 bits per heavy atom. The van der Waals surface area contributed by atoms with Crippen molar-refractivity contribution in [3.63, 3.8) is 0 Å². The van der Waals surface area contributed by atoms with Gasteiger partial charge in [0.05, 0.1) is 5.56 Å². The molecule has 0 atom stereocenters. The lowest BCUT2D eigenvalue weighted by Gasteiger charge is -2.26. The Morgan fingerprint density at radius 3 is 2.75 bits per heavy atom. The minimum absolute atomic E-state index is 0.574. The van der Waals surface area contributed by atoms with Gasteiger partial charge in [-0.2, -0.15) is 0 Å². The zero-order valence-corrected chi connectivity index (χ0v) is 12.7. The molecule has 0 saturated carbocycles. The van der Waals surface area contributed by atoms with Crippen LogP contribution in [0.15, 0.2) is 24.3 Å². The van der Waals surface area contributed by atoms with Gasteiger partial charge in [0.1, 0.15) is 12.4 Å². The summed E-state index contributed by atoms with van der Waals surface area (Å²) in [5.41, 5.74) is 0.955. The minimum Gasteiger partial charge on any atom is -0.491 e. The molecule has 1 heterocycles. The third-order valence-electron chi connectivity index (χ3n) is 3.44. The highest BCUT2D eigenvalue weighted by Gasteiger charge is 2.09. The Morgan fingerprint density at radius 2 is 1.95 bits per heavy atom. The summed E-state index contributed by atoms with van der Waals surface area (Å²) in [4.78, 5) is 2.48. The van der Waals surface area contributed by atoms with E-state index in [1.165, 1.54) is 32.4 Å². The lowest BCUT2D eigenvalue weighted by Crippen LogP contribution is -2.33. The van der Waals surface area contributed by atoms with Gasteiger partial charge in [0.2, 0.25) is 0 Å². The number of nitrogens with zero attached hydrogens (tertiary/aromatic N) is 1. The second-order valence-electron chi connectivity index (χ2n) is 4.99. The molecule has 1 aromatic rings. The van der Waals surface area contributed by atoms with Crippen LogP contribution in [0.25, 0.3) is 0 Å². The monoisotopic (exact) mass is 291 g/mol. The van der Waals surface area contributed by atoms with Gasteiger partial charge in [0.25, 0.3) is 0 Å². The van der Waals surface area contributed by atoms with Gasteiger partial charge in [0.15, 0.2) is 0 Å². The molecule has 2 nitrogen and oxygen atoms in total. The van der Waals surface area contributed by atoms with Crippen molar-refractivity contribution in [3.8, 4) is 17.6 Å². The number of likely N-dealkylation sites (tertiary alicyclic amines) is 1. The maximum atomic E-state index is 5.89. The molecule has 20 heavy (non-hydrogen) atoms. The quantitative estimate of drug-likeness (QED) is 0.608. The van der Waals surface area contributed by atoms with Crippen LogP contribution in [0.4, 0.5) is 0 Å². The zero-order chi connectivity index (χ0) is 14.0. The van der Waals surface area contributed by atoms with Gasteiger partial charge in [-0.1, -0.05) is 30.4 Å². The van der Waals surface area contributed by atoms with Crippen LogP contribution in [-0.2, 0) is 0 Å². The van der Waals surface area contributed by atoms with Crippen LogP contribution < -0.4 is 4.74 Å². The van der Waals surface area contributed by atoms with Crippen LogP contribution in [0.2, 0.25) is 0 Å². The number of hydrogen-bond acceptors (Lipinski definition) is 2. The Bertz CT molecular complexity index is 458. The van der Waals surface area contributed by atoms with E-state index in [9.17, 15) is 0 Å². The topological polar surface area (TPSA) is 12.5 Å². The van der Waals surface area contributed by atoms with Gasteiger partial charge >= 0.3 is 0 Å². The molecule has 1 aliphatic heterocycles. The number of para-hydroxylation sites is 1. The summed E-state index contributed by atoms with van der Waals surface area (Å²) in [5, 5.41) is 0. The maximum Gasteiger partial charge on any atom is 0.134 e. The van der Waals surface area contributed by atoms with E-state index in [4.69, 9.17) is 16.3 Å². The molecule has 1 aromatic carbocycles. The first kappa shape index (κ1) is 15.2. The molecule has 0 amide bonds. The summed E-state index contributed by atoms with van der Waals surface area (Å²) in [6.07, 6.45) is 4.72. The zero-order valence-electron chi connectivity index (χ0n) is 11.9. The molecule has 1 fully saturated rings. The average molecular weight is 292 g/mol. The summed E-state index contributed by atoms with van der Waals surface area (Å²) in [6, 6.07) is 7.96. The van der Waals surface area contributed by atoms with Crippen molar-refractivity contribution in [1.82, 2.24) is 4.90 Å². The van der Waals surface area contributed by atoms with E-state index in [-0.39, 0.29) is 0 Å². The highest BCUT2D eigenvalue weighted by Crippen LogP contribution is 2.17. The van der Waals surface area contributed by atoms with E-state index in [0.29, 0.717) is 12.3 Å². The van der Waals surface area contributed by atoms with E-state index in [0.717, 1.165) is 24.5 Å². The van der Waals surface area contributed by atoms with Crippen LogP contribution in [0.5, 0.6) is 5.75 Å². The fourth-order valence-corrected chi connectivity index (χ4v) is 2.46. The highest BCUT2D eigenvalue weighted by molar-refractivity contribution is 6.18. The normalized spacial score (nSPS) is 15.4. The van der Waals surface area contributed by atoms with Gasteiger partial charge in [-0.3, -0.25) is 4.90 Å². The van der Waals surface area contributed by atoms with Crippen molar-refractivity contribution in [1.29, 1.82) is 0 Å². The van der Waals surface area contributed by atoms with E-state index >= 15 is 0 Å². The summed E-state index contributed by atoms with van der Waals surface area (Å²) in [6.45, 7) is 4.15. The summed E-state index contributed by atoms with van der Waals surface area (Å²) in [5.74, 6) is 7.64. The minimum atomic E-state index is 0.574. The summed E-state index contributed by atoms with van der Waals surface area (Å²) in [7, 11) is 0. The SMILES string of the molecule is ClCCC#Cc1ccccc1OCCN1CCCCC1. The number of alkyl halides is 1. The number of piperidine rings is 1. The number of halogens is 1. The van der Waals surface area contributed by atoms with Crippen molar-refractivity contribution in [3.05, 3.63) is 29.8 Å². The molecule has 0 radical (unpaired) electrons. The maximum absolute atomic E-state index is 5.89. The van der Waals surface area contributed by atoms with Gasteiger partial charge in [0, 0.05) is 18.8 Å². The molecule has 0 aromatic heterocycles. The Hall–Kier alpha value is -1.17. The van der Waals surface area contributed by atoms with Crippen LogP contribution >= 0.6 is 11.6 Å². The lowest BCUT2D eigenvalue weighted by molar-refractivity contribution is 0.183. The molecule has 2 rings (SSSR count). The lowest BCUT2D eigenvalue weighted by atomic mass is 10.1. The smallest absolute Gasteiger partial charge is 0.134 e. The second kappa shape index (κ2) is 8.89. The van der Waals surface area contributed by atoms with E-state index in [1.807, 2.05) is 24.3 Å². The predicted octanol–water partition coefficient (Wildman–Crippen LogP) is 3.53. The van der Waals surface area contributed by atoms with Gasteiger partial charge in [-0.15, -0.1) is 11.6 Å². The van der Waals surface area contributed by atoms with Crippen molar-refractivity contribution in [2.75, 3.05) is 32.1 Å². The molecular formula is C17H22ClNO. The number of benzene rings is 1. The van der Waals surface area contributed by atoms with Gasteiger partial charge < -0.3 is 4.74 Å². The molecule has 1 saturated heterocycles.